The van der Waals surface area contributed by atoms with Crippen LogP contribution >= 0.6 is 0 Å². The highest BCUT2D eigenvalue weighted by Gasteiger charge is 2.00. The van der Waals surface area contributed by atoms with Gasteiger partial charge in [-0.05, 0) is 61.0 Å². The fourth-order valence-corrected chi connectivity index (χ4v) is 2.79. The summed E-state index contributed by atoms with van der Waals surface area (Å²) in [5.74, 6) is 0. The van der Waals surface area contributed by atoms with Gasteiger partial charge in [-0.15, -0.1) is 0 Å². The summed E-state index contributed by atoms with van der Waals surface area (Å²) < 4.78 is 0. The van der Waals surface area contributed by atoms with Crippen molar-refractivity contribution in [2.45, 2.75) is 12.8 Å². The maximum Gasteiger partial charge on any atom is 0.0346 e. The number of hydrogen-bond acceptors (Lipinski definition) is 4. The first-order valence-electron chi connectivity index (χ1n) is 8.35. The topological polar surface area (TPSA) is 48.1 Å². The van der Waals surface area contributed by atoms with Crippen LogP contribution in [0.15, 0.2) is 36.4 Å². The van der Waals surface area contributed by atoms with Gasteiger partial charge >= 0.3 is 0 Å². The van der Waals surface area contributed by atoms with Crippen LogP contribution in [0.4, 0.5) is 11.4 Å². The van der Waals surface area contributed by atoms with Gasteiger partial charge in [0.15, 0.2) is 0 Å². The Labute approximate surface area is 132 Å². The largest absolute Gasteiger partial charge is 0.385 e. The fourth-order valence-electron chi connectivity index (χ4n) is 2.79. The summed E-state index contributed by atoms with van der Waals surface area (Å²) >= 11 is 0. The maximum atomic E-state index is 3.52. The van der Waals surface area contributed by atoms with E-state index in [9.17, 15) is 0 Å². The lowest BCUT2D eigenvalue weighted by Crippen LogP contribution is -2.29. The predicted molar refractivity (Wildman–Crippen MR) is 95.9 cm³/mol. The average molecular weight is 298 g/mol. The number of anilines is 2. The molecule has 118 valence electrons. The molecule has 1 aliphatic heterocycles. The van der Waals surface area contributed by atoms with Gasteiger partial charge < -0.3 is 21.3 Å². The van der Waals surface area contributed by atoms with Crippen LogP contribution in [-0.2, 0) is 0 Å². The minimum Gasteiger partial charge on any atom is -0.385 e. The van der Waals surface area contributed by atoms with Gasteiger partial charge in [0, 0.05) is 37.6 Å². The molecule has 22 heavy (non-hydrogen) atoms. The van der Waals surface area contributed by atoms with Gasteiger partial charge in [-0.3, -0.25) is 0 Å². The predicted octanol–water partition coefficient (Wildman–Crippen LogP) is 2.64. The van der Waals surface area contributed by atoms with Gasteiger partial charge in [-0.25, -0.2) is 0 Å². The van der Waals surface area contributed by atoms with E-state index in [4.69, 9.17) is 0 Å². The van der Waals surface area contributed by atoms with Crippen LogP contribution in [0.2, 0.25) is 0 Å². The SMILES string of the molecule is c1cc2ccc3cc2cc1NCCCNCCNCCCN3. The Balaban J connectivity index is 1.73. The Kier molecular flexibility index (Phi) is 5.51. The van der Waals surface area contributed by atoms with Crippen molar-refractivity contribution in [3.8, 4) is 0 Å². The fraction of sp³-hybridized carbons (Fsp3) is 0.444. The zero-order chi connectivity index (χ0) is 15.0. The molecule has 0 radical (unpaired) electrons. The third-order valence-electron chi connectivity index (χ3n) is 4.04. The summed E-state index contributed by atoms with van der Waals surface area (Å²) in [5.41, 5.74) is 2.41. The van der Waals surface area contributed by atoms with Crippen LogP contribution in [0.5, 0.6) is 0 Å². The maximum absolute atomic E-state index is 3.52. The molecular formula is C18H26N4. The van der Waals surface area contributed by atoms with E-state index < -0.39 is 0 Å². The third kappa shape index (κ3) is 4.36. The molecule has 0 spiro atoms. The zero-order valence-electron chi connectivity index (χ0n) is 13.1. The minimum absolute atomic E-state index is 1.00. The van der Waals surface area contributed by atoms with Gasteiger partial charge in [0.1, 0.15) is 0 Å². The van der Waals surface area contributed by atoms with Crippen molar-refractivity contribution in [3.63, 3.8) is 0 Å². The quantitative estimate of drug-likeness (QED) is 0.604. The Morgan fingerprint density at radius 2 is 1.09 bits per heavy atom. The van der Waals surface area contributed by atoms with Gasteiger partial charge in [0.2, 0.25) is 0 Å². The molecule has 2 aromatic rings. The second kappa shape index (κ2) is 8.01. The first-order chi connectivity index (χ1) is 10.9. The highest BCUT2D eigenvalue weighted by atomic mass is 14.9. The number of hydrogen-bond donors (Lipinski definition) is 4. The molecule has 3 bridgehead atoms. The first kappa shape index (κ1) is 15.1. The van der Waals surface area contributed by atoms with Crippen LogP contribution < -0.4 is 21.3 Å². The van der Waals surface area contributed by atoms with Crippen LogP contribution in [-0.4, -0.2) is 39.3 Å². The molecule has 0 atom stereocenters. The van der Waals surface area contributed by atoms with Crippen LogP contribution in [0.1, 0.15) is 12.8 Å². The van der Waals surface area contributed by atoms with Crippen molar-refractivity contribution >= 4 is 22.1 Å². The number of rotatable bonds is 0. The molecule has 3 rings (SSSR count). The number of fused-ring (bicyclic) bond motifs is 2. The van der Waals surface area contributed by atoms with Crippen molar-refractivity contribution in [2.24, 2.45) is 0 Å². The molecule has 1 heterocycles. The number of nitrogens with one attached hydrogen (secondary N) is 4. The molecule has 0 saturated carbocycles. The van der Waals surface area contributed by atoms with Crippen LogP contribution in [0.25, 0.3) is 10.8 Å². The second-order valence-electron chi connectivity index (χ2n) is 5.84. The van der Waals surface area contributed by atoms with E-state index in [1.807, 2.05) is 0 Å². The highest BCUT2D eigenvalue weighted by molar-refractivity contribution is 5.88. The average Bonchev–Trinajstić information content (AvgIpc) is 2.55. The molecule has 4 heteroatoms. The van der Waals surface area contributed by atoms with Gasteiger partial charge in [0.25, 0.3) is 0 Å². The third-order valence-corrected chi connectivity index (χ3v) is 4.04. The van der Waals surface area contributed by atoms with Crippen molar-refractivity contribution < 1.29 is 0 Å². The van der Waals surface area contributed by atoms with E-state index in [1.165, 1.54) is 22.1 Å². The minimum atomic E-state index is 1.00. The Morgan fingerprint density at radius 1 is 0.545 bits per heavy atom. The summed E-state index contributed by atoms with van der Waals surface area (Å²) in [5, 5.41) is 16.6. The Bertz CT molecular complexity index is 548. The Hall–Kier alpha value is -1.78. The summed E-state index contributed by atoms with van der Waals surface area (Å²) in [4.78, 5) is 0. The molecule has 0 fully saturated rings. The lowest BCUT2D eigenvalue weighted by Gasteiger charge is -2.10. The van der Waals surface area contributed by atoms with Gasteiger partial charge in [-0.2, -0.15) is 0 Å². The standard InChI is InChI=1S/C18H26N4/c1-7-19-11-12-20-8-2-10-22-18-6-4-15-3-5-17(21-9-1)13-16(15)14-18/h3-6,13-14,19-22H,1-2,7-12H2. The smallest absolute Gasteiger partial charge is 0.0346 e. The zero-order valence-corrected chi connectivity index (χ0v) is 13.1. The Morgan fingerprint density at radius 3 is 1.64 bits per heavy atom. The molecule has 0 unspecified atom stereocenters. The van der Waals surface area contributed by atoms with Crippen molar-refractivity contribution in [2.75, 3.05) is 49.9 Å². The van der Waals surface area contributed by atoms with E-state index in [0.29, 0.717) is 0 Å². The summed E-state index contributed by atoms with van der Waals surface area (Å²) in [7, 11) is 0. The van der Waals surface area contributed by atoms with Crippen LogP contribution in [0.3, 0.4) is 0 Å². The molecule has 2 aromatic carbocycles. The lowest BCUT2D eigenvalue weighted by atomic mass is 10.1. The molecular weight excluding hydrogens is 272 g/mol. The summed E-state index contributed by atoms with van der Waals surface area (Å²) in [6.45, 7) is 6.22. The number of benzene rings is 2. The molecule has 4 N–H and O–H groups in total. The molecule has 0 aromatic heterocycles. The normalized spacial score (nSPS) is 17.8. The van der Waals surface area contributed by atoms with E-state index in [-0.39, 0.29) is 0 Å². The summed E-state index contributed by atoms with van der Waals surface area (Å²) in [6.07, 6.45) is 2.28. The molecule has 0 saturated heterocycles. The van der Waals surface area contributed by atoms with Gasteiger partial charge in [-0.1, -0.05) is 12.1 Å². The summed E-state index contributed by atoms with van der Waals surface area (Å²) in [6, 6.07) is 13.2. The molecule has 1 aliphatic rings. The van der Waals surface area contributed by atoms with E-state index in [0.717, 1.165) is 52.1 Å². The highest BCUT2D eigenvalue weighted by Crippen LogP contribution is 2.22. The van der Waals surface area contributed by atoms with Crippen LogP contribution in [0, 0.1) is 0 Å². The monoisotopic (exact) mass is 298 g/mol. The molecule has 0 amide bonds. The second-order valence-corrected chi connectivity index (χ2v) is 5.84. The van der Waals surface area contributed by atoms with Crippen molar-refractivity contribution in [1.29, 1.82) is 0 Å². The van der Waals surface area contributed by atoms with Crippen molar-refractivity contribution in [1.82, 2.24) is 10.6 Å². The first-order valence-corrected chi connectivity index (χ1v) is 8.35. The van der Waals surface area contributed by atoms with E-state index in [1.54, 1.807) is 0 Å². The van der Waals surface area contributed by atoms with Gasteiger partial charge in [0.05, 0.1) is 0 Å². The van der Waals surface area contributed by atoms with E-state index in [2.05, 4.69) is 57.7 Å². The molecule has 0 aliphatic carbocycles. The lowest BCUT2D eigenvalue weighted by molar-refractivity contribution is 0.595. The van der Waals surface area contributed by atoms with E-state index >= 15 is 0 Å². The van der Waals surface area contributed by atoms with Crippen molar-refractivity contribution in [3.05, 3.63) is 36.4 Å². The molecule has 4 nitrogen and oxygen atoms in total.